The predicted molar refractivity (Wildman–Crippen MR) is 29.1 cm³/mol. The molecule has 48 valence electrons. The number of carboxylic acid groups (broad SMARTS) is 1. The first-order valence-corrected chi connectivity index (χ1v) is 2.32. The molecule has 9 heavy (non-hydrogen) atoms. The van der Waals surface area contributed by atoms with Crippen molar-refractivity contribution in [3.63, 3.8) is 0 Å². The molecule has 0 bridgehead atoms. The van der Waals surface area contributed by atoms with Gasteiger partial charge in [-0.3, -0.25) is 0 Å². The molecule has 1 heterocycles. The Balaban J connectivity index is 2.68. The van der Waals surface area contributed by atoms with E-state index in [1.165, 1.54) is 18.4 Å². The first-order chi connectivity index (χ1) is 4.30. The van der Waals surface area contributed by atoms with Gasteiger partial charge in [0.25, 0.3) is 0 Å². The van der Waals surface area contributed by atoms with E-state index in [1.807, 2.05) is 0 Å². The molecule has 4 nitrogen and oxygen atoms in total. The highest BCUT2D eigenvalue weighted by molar-refractivity contribution is 5.86. The Morgan fingerprint density at radius 3 is 2.89 bits per heavy atom. The lowest BCUT2D eigenvalue weighted by molar-refractivity contribution is -0.134. The van der Waals surface area contributed by atoms with E-state index in [9.17, 15) is 4.79 Å². The highest BCUT2D eigenvalue weighted by atomic mass is 16.6. The summed E-state index contributed by atoms with van der Waals surface area (Å²) in [5.74, 6) is -1.03. The van der Waals surface area contributed by atoms with Crippen LogP contribution in [0.2, 0.25) is 0 Å². The van der Waals surface area contributed by atoms with E-state index in [4.69, 9.17) is 5.11 Å². The van der Waals surface area contributed by atoms with E-state index in [1.54, 1.807) is 0 Å². The highest BCUT2D eigenvalue weighted by Gasteiger charge is 2.06. The second-order valence-corrected chi connectivity index (χ2v) is 1.43. The number of hydroxylamine groups is 1. The zero-order valence-electron chi connectivity index (χ0n) is 4.50. The van der Waals surface area contributed by atoms with Crippen molar-refractivity contribution in [1.29, 1.82) is 0 Å². The Labute approximate surface area is 51.4 Å². The average molecular weight is 127 g/mol. The Bertz CT molecular complexity index is 183. The number of hydrogen-bond donors (Lipinski definition) is 2. The van der Waals surface area contributed by atoms with Crippen LogP contribution < -0.4 is 5.48 Å². The first-order valence-electron chi connectivity index (χ1n) is 2.32. The van der Waals surface area contributed by atoms with E-state index < -0.39 is 5.97 Å². The lowest BCUT2D eigenvalue weighted by Crippen LogP contribution is -2.19. The van der Waals surface area contributed by atoms with Crippen molar-refractivity contribution < 1.29 is 14.7 Å². The van der Waals surface area contributed by atoms with Crippen LogP contribution in [0, 0.1) is 0 Å². The van der Waals surface area contributed by atoms with E-state index >= 15 is 0 Å². The minimum Gasteiger partial charge on any atom is -0.476 e. The van der Waals surface area contributed by atoms with Crippen LogP contribution in [0.4, 0.5) is 0 Å². The molecule has 0 aromatic carbocycles. The molecular formula is C5H5NO3. The van der Waals surface area contributed by atoms with Gasteiger partial charge >= 0.3 is 5.97 Å². The molecule has 0 spiro atoms. The fourth-order valence-electron chi connectivity index (χ4n) is 0.421. The number of carboxylic acids is 1. The zero-order valence-corrected chi connectivity index (χ0v) is 4.50. The smallest absolute Gasteiger partial charge is 0.355 e. The summed E-state index contributed by atoms with van der Waals surface area (Å²) in [6.07, 6.45) is 4.26. The summed E-state index contributed by atoms with van der Waals surface area (Å²) in [5, 5.41) is 8.29. The van der Waals surface area contributed by atoms with Gasteiger partial charge in [-0.2, -0.15) is 0 Å². The van der Waals surface area contributed by atoms with Crippen molar-refractivity contribution in [2.24, 2.45) is 0 Å². The van der Waals surface area contributed by atoms with Crippen LogP contribution >= 0.6 is 0 Å². The van der Waals surface area contributed by atoms with Crippen LogP contribution in [-0.2, 0) is 9.63 Å². The van der Waals surface area contributed by atoms with Gasteiger partial charge in [0, 0.05) is 0 Å². The minimum atomic E-state index is -1.03. The number of hydrogen-bond acceptors (Lipinski definition) is 3. The summed E-state index contributed by atoms with van der Waals surface area (Å²) in [5.41, 5.74) is 2.23. The van der Waals surface area contributed by atoms with Gasteiger partial charge in [-0.1, -0.05) is 0 Å². The monoisotopic (exact) mass is 127 g/mol. The van der Waals surface area contributed by atoms with Crippen LogP contribution in [0.5, 0.6) is 0 Å². The molecule has 0 aromatic heterocycles. The van der Waals surface area contributed by atoms with Gasteiger partial charge < -0.3 is 9.94 Å². The van der Waals surface area contributed by atoms with Gasteiger partial charge in [0.1, 0.15) is 6.26 Å². The third-order valence-corrected chi connectivity index (χ3v) is 0.809. The molecule has 0 fully saturated rings. The summed E-state index contributed by atoms with van der Waals surface area (Å²) < 4.78 is 0. The molecule has 2 N–H and O–H groups in total. The van der Waals surface area contributed by atoms with Crippen LogP contribution in [0.15, 0.2) is 24.1 Å². The fourth-order valence-corrected chi connectivity index (χ4v) is 0.421. The van der Waals surface area contributed by atoms with Crippen molar-refractivity contribution in [2.75, 3.05) is 0 Å². The molecule has 0 aliphatic carbocycles. The lowest BCUT2D eigenvalue weighted by atomic mass is 10.4. The maximum Gasteiger partial charge on any atom is 0.355 e. The summed E-state index contributed by atoms with van der Waals surface area (Å²) in [4.78, 5) is 14.6. The van der Waals surface area contributed by atoms with Crippen LogP contribution in [0.1, 0.15) is 0 Å². The van der Waals surface area contributed by atoms with E-state index in [0.717, 1.165) is 0 Å². The molecule has 0 unspecified atom stereocenters. The maximum atomic E-state index is 10.1. The number of allylic oxidation sites excluding steroid dienone is 2. The lowest BCUT2D eigenvalue weighted by Gasteiger charge is -2.06. The van der Waals surface area contributed by atoms with E-state index in [-0.39, 0.29) is 5.70 Å². The second kappa shape index (κ2) is 2.21. The largest absolute Gasteiger partial charge is 0.476 e. The van der Waals surface area contributed by atoms with Crippen molar-refractivity contribution >= 4 is 5.97 Å². The van der Waals surface area contributed by atoms with Crippen LogP contribution in [-0.4, -0.2) is 11.1 Å². The van der Waals surface area contributed by atoms with Crippen LogP contribution in [0.3, 0.4) is 0 Å². The molecule has 0 atom stereocenters. The summed E-state index contributed by atoms with van der Waals surface area (Å²) >= 11 is 0. The third kappa shape index (κ3) is 1.22. The average Bonchev–Trinajstić information content (AvgIpc) is 1.90. The normalized spacial score (nSPS) is 15.3. The van der Waals surface area contributed by atoms with Gasteiger partial charge in [-0.05, 0) is 12.2 Å². The Kier molecular flexibility index (Phi) is 1.40. The molecule has 1 aliphatic rings. The van der Waals surface area contributed by atoms with Gasteiger partial charge in [-0.15, -0.1) is 0 Å². The van der Waals surface area contributed by atoms with Crippen LogP contribution in [0.25, 0.3) is 0 Å². The van der Waals surface area contributed by atoms with Crippen molar-refractivity contribution in [1.82, 2.24) is 5.48 Å². The van der Waals surface area contributed by atoms with Gasteiger partial charge in [0.05, 0.1) is 0 Å². The summed E-state index contributed by atoms with van der Waals surface area (Å²) in [7, 11) is 0. The quantitative estimate of drug-likeness (QED) is 0.520. The Morgan fingerprint density at radius 1 is 1.78 bits per heavy atom. The molecule has 0 amide bonds. The highest BCUT2D eigenvalue weighted by Crippen LogP contribution is 1.95. The van der Waals surface area contributed by atoms with Gasteiger partial charge in [-0.25, -0.2) is 10.3 Å². The maximum absolute atomic E-state index is 10.1. The number of aliphatic carboxylic acids is 1. The number of carbonyl (C=O) groups is 1. The minimum absolute atomic E-state index is 0.0394. The number of nitrogens with one attached hydrogen (secondary N) is 1. The first kappa shape index (κ1) is 5.68. The topological polar surface area (TPSA) is 58.6 Å². The van der Waals surface area contributed by atoms with Gasteiger partial charge in [0.15, 0.2) is 5.70 Å². The predicted octanol–water partition coefficient (Wildman–Crippen LogP) is 0.00340. The van der Waals surface area contributed by atoms with E-state index in [2.05, 4.69) is 10.3 Å². The molecule has 1 rings (SSSR count). The fraction of sp³-hybridized carbons (Fsp3) is 0. The molecule has 0 radical (unpaired) electrons. The van der Waals surface area contributed by atoms with Crippen molar-refractivity contribution in [3.05, 3.63) is 24.1 Å². The standard InChI is InChI=1S/C5H5NO3/c7-5(8)4-2-1-3-9-6-4/h1-3,6H,(H,7,8). The molecule has 0 aromatic rings. The SMILES string of the molecule is O=C(O)C1=CC=CON1. The molecular weight excluding hydrogens is 122 g/mol. The zero-order chi connectivity index (χ0) is 6.69. The summed E-state index contributed by atoms with van der Waals surface area (Å²) in [6, 6.07) is 0. The second-order valence-electron chi connectivity index (χ2n) is 1.43. The van der Waals surface area contributed by atoms with E-state index in [0.29, 0.717) is 0 Å². The number of rotatable bonds is 1. The molecule has 4 heteroatoms. The van der Waals surface area contributed by atoms with Crippen molar-refractivity contribution in [3.8, 4) is 0 Å². The molecule has 0 saturated carbocycles. The van der Waals surface area contributed by atoms with Crippen molar-refractivity contribution in [2.45, 2.75) is 0 Å². The Hall–Kier alpha value is -1.45. The third-order valence-electron chi connectivity index (χ3n) is 0.809. The Morgan fingerprint density at radius 2 is 2.56 bits per heavy atom. The van der Waals surface area contributed by atoms with Gasteiger partial charge in [0.2, 0.25) is 0 Å². The molecule has 0 saturated heterocycles. The molecule has 1 aliphatic heterocycles. The summed E-state index contributed by atoms with van der Waals surface area (Å²) in [6.45, 7) is 0.